The van der Waals surface area contributed by atoms with Crippen molar-refractivity contribution in [2.75, 3.05) is 5.75 Å². The summed E-state index contributed by atoms with van der Waals surface area (Å²) in [5, 5.41) is 0. The largest absolute Gasteiger partial charge is 0.446 e. The van der Waals surface area contributed by atoms with Gasteiger partial charge in [-0.05, 0) is 60.4 Å². The van der Waals surface area contributed by atoms with Crippen LogP contribution in [-0.4, -0.2) is 25.4 Å². The van der Waals surface area contributed by atoms with E-state index >= 15 is 0 Å². The van der Waals surface area contributed by atoms with E-state index in [1.54, 1.807) is 19.2 Å². The van der Waals surface area contributed by atoms with E-state index in [0.29, 0.717) is 11.5 Å². The van der Waals surface area contributed by atoms with Crippen LogP contribution >= 0.6 is 11.8 Å². The molecule has 0 spiro atoms. The van der Waals surface area contributed by atoms with E-state index in [1.165, 1.54) is 18.2 Å². The molecule has 4 rings (SSSR count). The van der Waals surface area contributed by atoms with Crippen molar-refractivity contribution in [2.45, 2.75) is 41.0 Å². The van der Waals surface area contributed by atoms with Crippen molar-refractivity contribution in [1.29, 1.82) is 4.78 Å². The van der Waals surface area contributed by atoms with Crippen LogP contribution in [0.15, 0.2) is 44.7 Å². The molecule has 1 aromatic carbocycles. The van der Waals surface area contributed by atoms with Gasteiger partial charge < -0.3 is 4.42 Å². The highest BCUT2D eigenvalue weighted by atomic mass is 32.2. The molecule has 1 unspecified atom stereocenters. The summed E-state index contributed by atoms with van der Waals surface area (Å²) in [4.78, 5) is 8.87. The van der Waals surface area contributed by atoms with Crippen LogP contribution in [0, 0.1) is 4.78 Å². The number of rotatable bonds is 5. The first kappa shape index (κ1) is 19.3. The fourth-order valence-electron chi connectivity index (χ4n) is 2.87. The molecule has 148 valence electrons. The first-order valence-electron chi connectivity index (χ1n) is 8.59. The topological polar surface area (TPSA) is 79.8 Å². The number of benzene rings is 1. The fourth-order valence-corrected chi connectivity index (χ4v) is 4.54. The van der Waals surface area contributed by atoms with E-state index in [4.69, 9.17) is 9.20 Å². The molecule has 0 aliphatic heterocycles. The molecule has 1 saturated carbocycles. The number of nitrogens with zero attached hydrogens (tertiary/aromatic N) is 2. The van der Waals surface area contributed by atoms with Gasteiger partial charge in [-0.2, -0.15) is 13.2 Å². The van der Waals surface area contributed by atoms with Crippen molar-refractivity contribution in [1.82, 2.24) is 9.97 Å². The molecule has 3 aromatic rings. The quantitative estimate of drug-likeness (QED) is 0.520. The standard InChI is InChI=1S/C18H16F3N3O2S2/c1-2-28(22,25)15-7-11(10-3-4-10)9-23-16(15)17-24-13-8-12(27-18(19,20)21)5-6-14(13)26-17/h5-10,22H,2-4H2,1H3. The molecule has 2 heterocycles. The number of fused-ring (bicyclic) bond motifs is 1. The number of nitrogens with one attached hydrogen (secondary N) is 1. The Labute approximate surface area is 163 Å². The van der Waals surface area contributed by atoms with Crippen LogP contribution in [0.2, 0.25) is 0 Å². The highest BCUT2D eigenvalue weighted by Gasteiger charge is 2.30. The Kier molecular flexibility index (Phi) is 4.65. The monoisotopic (exact) mass is 427 g/mol. The highest BCUT2D eigenvalue weighted by molar-refractivity contribution is 8.00. The number of alkyl halides is 3. The minimum absolute atomic E-state index is 0.00467. The minimum atomic E-state index is -4.40. The smallest absolute Gasteiger partial charge is 0.435 e. The van der Waals surface area contributed by atoms with Gasteiger partial charge in [0.1, 0.15) is 11.2 Å². The minimum Gasteiger partial charge on any atom is -0.435 e. The van der Waals surface area contributed by atoms with Crippen molar-refractivity contribution in [3.05, 3.63) is 36.0 Å². The summed E-state index contributed by atoms with van der Waals surface area (Å²) in [7, 11) is -3.09. The molecule has 1 aliphatic rings. The molecule has 1 atom stereocenters. The van der Waals surface area contributed by atoms with Gasteiger partial charge in [0.2, 0.25) is 5.89 Å². The van der Waals surface area contributed by atoms with E-state index in [-0.39, 0.29) is 44.4 Å². The van der Waals surface area contributed by atoms with Gasteiger partial charge >= 0.3 is 5.51 Å². The summed E-state index contributed by atoms with van der Waals surface area (Å²) in [6.07, 6.45) is 3.74. The van der Waals surface area contributed by atoms with Crippen LogP contribution in [0.3, 0.4) is 0 Å². The summed E-state index contributed by atoms with van der Waals surface area (Å²) in [5.41, 5.74) is -2.71. The zero-order valence-electron chi connectivity index (χ0n) is 14.7. The summed E-state index contributed by atoms with van der Waals surface area (Å²) < 4.78 is 64.5. The van der Waals surface area contributed by atoms with Crippen molar-refractivity contribution in [3.63, 3.8) is 0 Å². The van der Waals surface area contributed by atoms with E-state index in [2.05, 4.69) is 9.97 Å². The molecule has 28 heavy (non-hydrogen) atoms. The average Bonchev–Trinajstić information content (AvgIpc) is 3.39. The third-order valence-corrected chi connectivity index (χ3v) is 7.04. The lowest BCUT2D eigenvalue weighted by Gasteiger charge is -2.10. The van der Waals surface area contributed by atoms with Gasteiger partial charge in [-0.3, -0.25) is 0 Å². The second-order valence-corrected chi connectivity index (χ2v) is 10.1. The molecule has 1 fully saturated rings. The Balaban J connectivity index is 1.81. The Hall–Kier alpha value is -2.07. The summed E-state index contributed by atoms with van der Waals surface area (Å²) >= 11 is -0.229. The average molecular weight is 427 g/mol. The van der Waals surface area contributed by atoms with Crippen molar-refractivity contribution in [3.8, 4) is 11.6 Å². The number of hydrogen-bond acceptors (Lipinski definition) is 6. The van der Waals surface area contributed by atoms with Gasteiger partial charge in [0.25, 0.3) is 0 Å². The number of hydrogen-bond donors (Lipinski definition) is 1. The fraction of sp³-hybridized carbons (Fsp3) is 0.333. The van der Waals surface area contributed by atoms with E-state index in [1.807, 2.05) is 0 Å². The van der Waals surface area contributed by atoms with Crippen molar-refractivity contribution >= 4 is 32.6 Å². The zero-order chi connectivity index (χ0) is 20.1. The van der Waals surface area contributed by atoms with Gasteiger partial charge in [-0.1, -0.05) is 6.92 Å². The molecular weight excluding hydrogens is 411 g/mol. The first-order valence-corrected chi connectivity index (χ1v) is 11.1. The Morgan fingerprint density at radius 2 is 2.07 bits per heavy atom. The van der Waals surface area contributed by atoms with E-state index in [9.17, 15) is 17.4 Å². The molecule has 2 aromatic heterocycles. The summed E-state index contributed by atoms with van der Waals surface area (Å²) in [6.45, 7) is 1.66. The van der Waals surface area contributed by atoms with Crippen LogP contribution in [0.1, 0.15) is 31.2 Å². The highest BCUT2D eigenvalue weighted by Crippen LogP contribution is 2.42. The molecule has 0 radical (unpaired) electrons. The van der Waals surface area contributed by atoms with Gasteiger partial charge in [-0.25, -0.2) is 19.0 Å². The molecule has 0 saturated heterocycles. The molecule has 5 nitrogen and oxygen atoms in total. The van der Waals surface area contributed by atoms with Crippen LogP contribution in [-0.2, 0) is 9.73 Å². The lowest BCUT2D eigenvalue weighted by Crippen LogP contribution is -2.06. The predicted octanol–water partition coefficient (Wildman–Crippen LogP) is 5.80. The maximum Gasteiger partial charge on any atom is 0.446 e. The molecule has 0 amide bonds. The number of oxazole rings is 1. The normalized spacial score (nSPS) is 17.0. The Morgan fingerprint density at radius 1 is 1.32 bits per heavy atom. The number of halogens is 3. The lowest BCUT2D eigenvalue weighted by atomic mass is 10.2. The maximum absolute atomic E-state index is 12.8. The molecule has 10 heteroatoms. The number of thioether (sulfide) groups is 1. The lowest BCUT2D eigenvalue weighted by molar-refractivity contribution is -0.0328. The number of pyridine rings is 1. The van der Waals surface area contributed by atoms with E-state index in [0.717, 1.165) is 18.4 Å². The Morgan fingerprint density at radius 3 is 2.71 bits per heavy atom. The first-order chi connectivity index (χ1) is 13.2. The van der Waals surface area contributed by atoms with Gasteiger partial charge in [0.15, 0.2) is 5.58 Å². The molecular formula is C18H16F3N3O2S2. The second kappa shape index (κ2) is 6.77. The van der Waals surface area contributed by atoms with Gasteiger partial charge in [0, 0.05) is 16.8 Å². The van der Waals surface area contributed by atoms with Crippen LogP contribution < -0.4 is 0 Å². The van der Waals surface area contributed by atoms with Crippen molar-refractivity contribution < 1.29 is 21.8 Å². The molecule has 1 aliphatic carbocycles. The molecule has 1 N–H and O–H groups in total. The van der Waals surface area contributed by atoms with Crippen molar-refractivity contribution in [2.24, 2.45) is 0 Å². The molecule has 0 bridgehead atoms. The summed E-state index contributed by atoms with van der Waals surface area (Å²) in [6, 6.07) is 5.74. The second-order valence-electron chi connectivity index (χ2n) is 6.55. The predicted molar refractivity (Wildman–Crippen MR) is 101 cm³/mol. The van der Waals surface area contributed by atoms with E-state index < -0.39 is 15.2 Å². The third-order valence-electron chi connectivity index (χ3n) is 4.48. The summed E-state index contributed by atoms with van der Waals surface area (Å²) in [5.74, 6) is 0.537. The van der Waals surface area contributed by atoms with Gasteiger partial charge in [-0.15, -0.1) is 0 Å². The van der Waals surface area contributed by atoms with Crippen LogP contribution in [0.25, 0.3) is 22.7 Å². The zero-order valence-corrected chi connectivity index (χ0v) is 16.4. The maximum atomic E-state index is 12.8. The SMILES string of the molecule is CCS(=N)(=O)c1cc(C2CC2)cnc1-c1nc2cc(SC(F)(F)F)ccc2o1. The number of aromatic nitrogens is 2. The van der Waals surface area contributed by atoms with Gasteiger partial charge in [0.05, 0.1) is 14.6 Å². The van der Waals surface area contributed by atoms with Crippen LogP contribution in [0.4, 0.5) is 13.2 Å². The third kappa shape index (κ3) is 3.88. The Bertz CT molecular complexity index is 1150. The van der Waals surface area contributed by atoms with Crippen LogP contribution in [0.5, 0.6) is 0 Å².